The van der Waals surface area contributed by atoms with Gasteiger partial charge in [-0.15, -0.1) is 0 Å². The molecule has 0 unspecified atom stereocenters. The second-order valence-electron chi connectivity index (χ2n) is 5.41. The first-order chi connectivity index (χ1) is 13.3. The lowest BCUT2D eigenvalue weighted by Gasteiger charge is -2.14. The minimum Gasteiger partial charge on any atom is -0.276 e. The molecule has 0 aliphatic rings. The molecule has 0 heterocycles. The standard InChI is InChI=1S/C10H10F3NO2.C8H4ClF3O/c1-14(16-2)9(15)7-3-5-8(6-4-7)10(11,12)13;9-7(13)5-1-3-6(4-2-5)8(10,11)12/h3-6H,1-2H3;1-4H. The molecule has 2 rings (SSSR count). The highest BCUT2D eigenvalue weighted by Gasteiger charge is 2.31. The van der Waals surface area contributed by atoms with Crippen LogP contribution in [-0.2, 0) is 17.2 Å². The summed E-state index contributed by atoms with van der Waals surface area (Å²) in [4.78, 5) is 26.6. The van der Waals surface area contributed by atoms with Gasteiger partial charge in [0.2, 0.25) is 0 Å². The van der Waals surface area contributed by atoms with Crippen molar-refractivity contribution in [3.63, 3.8) is 0 Å². The molecule has 0 aliphatic carbocycles. The summed E-state index contributed by atoms with van der Waals surface area (Å²) in [5.74, 6) is -0.503. The second-order valence-corrected chi connectivity index (χ2v) is 5.75. The quantitative estimate of drug-likeness (QED) is 0.363. The Balaban J connectivity index is 0.000000296. The second kappa shape index (κ2) is 9.75. The number of hydrogen-bond donors (Lipinski definition) is 0. The first-order valence-corrected chi connectivity index (χ1v) is 8.01. The normalized spacial score (nSPS) is 11.3. The molecule has 0 saturated heterocycles. The highest BCUT2D eigenvalue weighted by molar-refractivity contribution is 6.67. The molecule has 0 atom stereocenters. The molecule has 0 N–H and O–H groups in total. The predicted molar refractivity (Wildman–Crippen MR) is 92.2 cm³/mol. The van der Waals surface area contributed by atoms with E-state index in [1.54, 1.807) is 0 Å². The van der Waals surface area contributed by atoms with Crippen molar-refractivity contribution in [1.29, 1.82) is 0 Å². The van der Waals surface area contributed by atoms with Gasteiger partial charge in [-0.2, -0.15) is 26.3 Å². The zero-order valence-corrected chi connectivity index (χ0v) is 15.7. The fourth-order valence-corrected chi connectivity index (χ4v) is 1.98. The van der Waals surface area contributed by atoms with Crippen molar-refractivity contribution in [2.75, 3.05) is 14.2 Å². The van der Waals surface area contributed by atoms with Crippen molar-refractivity contribution < 1.29 is 40.8 Å². The number of rotatable bonds is 3. The van der Waals surface area contributed by atoms with E-state index in [0.717, 1.165) is 53.6 Å². The molecule has 11 heteroatoms. The molecule has 0 bridgehead atoms. The maximum absolute atomic E-state index is 12.2. The van der Waals surface area contributed by atoms with Crippen LogP contribution in [0.4, 0.5) is 26.3 Å². The van der Waals surface area contributed by atoms with E-state index in [2.05, 4.69) is 4.84 Å². The third-order valence-corrected chi connectivity index (χ3v) is 3.68. The summed E-state index contributed by atoms with van der Waals surface area (Å²) >= 11 is 5.05. The van der Waals surface area contributed by atoms with Crippen molar-refractivity contribution in [2.45, 2.75) is 12.4 Å². The van der Waals surface area contributed by atoms with Crippen LogP contribution < -0.4 is 0 Å². The number of halogens is 7. The van der Waals surface area contributed by atoms with E-state index >= 15 is 0 Å². The lowest BCUT2D eigenvalue weighted by Crippen LogP contribution is -2.25. The molecule has 158 valence electrons. The Morgan fingerprint density at radius 3 is 1.41 bits per heavy atom. The van der Waals surface area contributed by atoms with Gasteiger partial charge < -0.3 is 0 Å². The number of benzene rings is 2. The Bertz CT molecular complexity index is 833. The van der Waals surface area contributed by atoms with Crippen LogP contribution in [0, 0.1) is 0 Å². The van der Waals surface area contributed by atoms with Gasteiger partial charge >= 0.3 is 12.4 Å². The van der Waals surface area contributed by atoms with Gasteiger partial charge in [-0.05, 0) is 60.1 Å². The summed E-state index contributed by atoms with van der Waals surface area (Å²) in [5, 5.41) is 0.163. The van der Waals surface area contributed by atoms with E-state index in [1.807, 2.05) is 0 Å². The van der Waals surface area contributed by atoms with Crippen LogP contribution in [0.5, 0.6) is 0 Å². The SMILES string of the molecule is CON(C)C(=O)c1ccc(C(F)(F)F)cc1.O=C(Cl)c1ccc(C(F)(F)F)cc1. The number of amides is 1. The lowest BCUT2D eigenvalue weighted by molar-refractivity contribution is -0.138. The molecule has 0 saturated carbocycles. The number of nitrogens with zero attached hydrogens (tertiary/aromatic N) is 1. The van der Waals surface area contributed by atoms with Gasteiger partial charge in [-0.1, -0.05) is 0 Å². The maximum Gasteiger partial charge on any atom is 0.416 e. The smallest absolute Gasteiger partial charge is 0.276 e. The minimum atomic E-state index is -4.39. The van der Waals surface area contributed by atoms with Crippen LogP contribution in [0.25, 0.3) is 0 Å². The zero-order chi connectivity index (χ0) is 22.4. The number of carbonyl (C=O) groups excluding carboxylic acids is 2. The van der Waals surface area contributed by atoms with Gasteiger partial charge in [-0.25, -0.2) is 5.06 Å². The Morgan fingerprint density at radius 1 is 0.793 bits per heavy atom. The zero-order valence-electron chi connectivity index (χ0n) is 14.9. The average Bonchev–Trinajstić information content (AvgIpc) is 2.66. The average molecular weight is 442 g/mol. The van der Waals surface area contributed by atoms with Crippen molar-refractivity contribution in [3.8, 4) is 0 Å². The first kappa shape index (κ1) is 24.4. The van der Waals surface area contributed by atoms with E-state index in [1.165, 1.54) is 14.2 Å². The number of hydrogen-bond acceptors (Lipinski definition) is 3. The van der Waals surface area contributed by atoms with Gasteiger partial charge in [0.15, 0.2) is 0 Å². The number of hydroxylamine groups is 2. The van der Waals surface area contributed by atoms with E-state index < -0.39 is 34.6 Å². The molecule has 0 spiro atoms. The third-order valence-electron chi connectivity index (χ3n) is 3.46. The maximum atomic E-state index is 12.2. The van der Waals surface area contributed by atoms with Gasteiger partial charge in [0.05, 0.1) is 18.2 Å². The molecule has 1 amide bonds. The summed E-state index contributed by atoms with van der Waals surface area (Å²) in [6, 6.07) is 7.65. The van der Waals surface area contributed by atoms with Crippen LogP contribution in [0.15, 0.2) is 48.5 Å². The van der Waals surface area contributed by atoms with Crippen molar-refractivity contribution in [2.24, 2.45) is 0 Å². The summed E-state index contributed by atoms with van der Waals surface area (Å²) in [6.07, 6.45) is -8.78. The van der Waals surface area contributed by atoms with Crippen molar-refractivity contribution in [1.82, 2.24) is 5.06 Å². The molecule has 0 radical (unpaired) electrons. The van der Waals surface area contributed by atoms with Crippen LogP contribution in [0.3, 0.4) is 0 Å². The first-order valence-electron chi connectivity index (χ1n) is 7.64. The Morgan fingerprint density at radius 2 is 1.14 bits per heavy atom. The predicted octanol–water partition coefficient (Wildman–Crippen LogP) is 5.42. The minimum absolute atomic E-state index is 0.0506. The van der Waals surface area contributed by atoms with E-state index in [0.29, 0.717) is 0 Å². The van der Waals surface area contributed by atoms with Crippen molar-refractivity contribution in [3.05, 3.63) is 70.8 Å². The molecule has 0 aromatic heterocycles. The topological polar surface area (TPSA) is 46.6 Å². The van der Waals surface area contributed by atoms with E-state index in [-0.39, 0.29) is 11.1 Å². The molecule has 0 fully saturated rings. The molecular weight excluding hydrogens is 428 g/mol. The van der Waals surface area contributed by atoms with Gasteiger partial charge in [0, 0.05) is 18.2 Å². The van der Waals surface area contributed by atoms with E-state index in [4.69, 9.17) is 11.6 Å². The van der Waals surface area contributed by atoms with Gasteiger partial charge in [-0.3, -0.25) is 14.4 Å². The van der Waals surface area contributed by atoms with Gasteiger partial charge in [0.1, 0.15) is 0 Å². The summed E-state index contributed by atoms with van der Waals surface area (Å²) in [7, 11) is 2.67. The summed E-state index contributed by atoms with van der Waals surface area (Å²) < 4.78 is 72.7. The lowest BCUT2D eigenvalue weighted by atomic mass is 10.1. The van der Waals surface area contributed by atoms with Crippen LogP contribution in [0.1, 0.15) is 31.8 Å². The largest absolute Gasteiger partial charge is 0.416 e. The van der Waals surface area contributed by atoms with Gasteiger partial charge in [0.25, 0.3) is 11.1 Å². The molecule has 2 aromatic rings. The molecule has 2 aromatic carbocycles. The van der Waals surface area contributed by atoms with Crippen LogP contribution in [0.2, 0.25) is 0 Å². The highest BCUT2D eigenvalue weighted by Crippen LogP contribution is 2.30. The summed E-state index contributed by atoms with van der Waals surface area (Å²) in [5.41, 5.74) is -1.40. The molecule has 0 aliphatic heterocycles. The fraction of sp³-hybridized carbons (Fsp3) is 0.222. The monoisotopic (exact) mass is 441 g/mol. The highest BCUT2D eigenvalue weighted by atomic mass is 35.5. The van der Waals surface area contributed by atoms with Crippen LogP contribution in [-0.4, -0.2) is 30.4 Å². The van der Waals surface area contributed by atoms with Crippen LogP contribution >= 0.6 is 11.6 Å². The van der Waals surface area contributed by atoms with Crippen molar-refractivity contribution >= 4 is 22.8 Å². The molecular formula is C18H14ClF6NO3. The molecule has 4 nitrogen and oxygen atoms in total. The Hall–Kier alpha value is -2.59. The van der Waals surface area contributed by atoms with E-state index in [9.17, 15) is 35.9 Å². The fourth-order valence-electron chi connectivity index (χ4n) is 1.86. The summed E-state index contributed by atoms with van der Waals surface area (Å²) in [6.45, 7) is 0. The number of carbonyl (C=O) groups is 2. The molecule has 29 heavy (non-hydrogen) atoms. The Labute approximate surface area is 166 Å². The third kappa shape index (κ3) is 7.39. The Kier molecular flexibility index (Phi) is 8.22. The number of alkyl halides is 6.